The van der Waals surface area contributed by atoms with Crippen LogP contribution in [0, 0.1) is 5.92 Å². The molecule has 0 aromatic rings. The molecule has 1 fully saturated rings. The summed E-state index contributed by atoms with van der Waals surface area (Å²) in [7, 11) is 0. The van der Waals surface area contributed by atoms with Crippen molar-refractivity contribution >= 4 is 5.97 Å². The number of ether oxygens (including phenoxy) is 1. The summed E-state index contributed by atoms with van der Waals surface area (Å²) in [6.45, 7) is 12.1. The number of nitrogens with zero attached hydrogens (tertiary/aromatic N) is 2. The first-order valence-electron chi connectivity index (χ1n) is 6.85. The minimum atomic E-state index is -0.729. The Morgan fingerprint density at radius 2 is 2.28 bits per heavy atom. The lowest BCUT2D eigenvalue weighted by Gasteiger charge is -2.35. The average molecular weight is 258 g/mol. The molecule has 0 spiro atoms. The third-order valence-electron chi connectivity index (χ3n) is 3.53. The molecule has 0 amide bonds. The summed E-state index contributed by atoms with van der Waals surface area (Å²) in [6, 6.07) is 0. The lowest BCUT2D eigenvalue weighted by molar-refractivity contribution is -0.142. The van der Waals surface area contributed by atoms with Crippen molar-refractivity contribution in [1.82, 2.24) is 9.80 Å². The van der Waals surface area contributed by atoms with Gasteiger partial charge < -0.3 is 14.7 Å². The van der Waals surface area contributed by atoms with Gasteiger partial charge in [-0.25, -0.2) is 0 Å². The molecule has 0 aromatic heterocycles. The first-order chi connectivity index (χ1) is 8.56. The molecule has 18 heavy (non-hydrogen) atoms. The second-order valence-electron chi connectivity index (χ2n) is 4.98. The Kier molecular flexibility index (Phi) is 6.60. The number of rotatable bonds is 7. The molecule has 5 nitrogen and oxygen atoms in total. The fourth-order valence-corrected chi connectivity index (χ4v) is 2.26. The van der Waals surface area contributed by atoms with Gasteiger partial charge in [0.1, 0.15) is 0 Å². The lowest BCUT2D eigenvalue weighted by atomic mass is 10.1. The summed E-state index contributed by atoms with van der Waals surface area (Å²) in [5, 5.41) is 8.95. The molecular formula is C13H26N2O3. The Morgan fingerprint density at radius 1 is 1.56 bits per heavy atom. The maximum absolute atomic E-state index is 10.9. The van der Waals surface area contributed by atoms with Gasteiger partial charge in [0.15, 0.2) is 0 Å². The minimum absolute atomic E-state index is 0.208. The van der Waals surface area contributed by atoms with Gasteiger partial charge in [-0.2, -0.15) is 0 Å². The van der Waals surface area contributed by atoms with Crippen molar-refractivity contribution in [3.8, 4) is 0 Å². The Bertz CT molecular complexity index is 261. The van der Waals surface area contributed by atoms with Crippen molar-refractivity contribution < 1.29 is 14.6 Å². The van der Waals surface area contributed by atoms with Crippen LogP contribution in [0.2, 0.25) is 0 Å². The van der Waals surface area contributed by atoms with Crippen LogP contribution in [0.4, 0.5) is 0 Å². The summed E-state index contributed by atoms with van der Waals surface area (Å²) in [5.41, 5.74) is 0. The standard InChI is InChI=1S/C13H26N2O3/c1-4-14-6-7-18-12(9-14)10-15(5-2)8-11(3)13(16)17/h11-12H,4-10H2,1-3H3,(H,16,17). The normalized spacial score (nSPS) is 23.2. The summed E-state index contributed by atoms with van der Waals surface area (Å²) in [5.74, 6) is -1.05. The van der Waals surface area contributed by atoms with Crippen LogP contribution in [0.1, 0.15) is 20.8 Å². The van der Waals surface area contributed by atoms with Crippen molar-refractivity contribution in [2.24, 2.45) is 5.92 Å². The molecule has 0 saturated carbocycles. The van der Waals surface area contributed by atoms with Crippen LogP contribution in [-0.2, 0) is 9.53 Å². The van der Waals surface area contributed by atoms with Crippen molar-refractivity contribution in [2.75, 3.05) is 45.9 Å². The van der Waals surface area contributed by atoms with Gasteiger partial charge in [0.2, 0.25) is 0 Å². The number of likely N-dealkylation sites (N-methyl/N-ethyl adjacent to an activating group) is 2. The number of hydrogen-bond donors (Lipinski definition) is 1. The first kappa shape index (κ1) is 15.4. The van der Waals surface area contributed by atoms with Gasteiger partial charge in [-0.05, 0) is 13.1 Å². The van der Waals surface area contributed by atoms with Crippen LogP contribution >= 0.6 is 0 Å². The molecule has 2 atom stereocenters. The monoisotopic (exact) mass is 258 g/mol. The number of carbonyl (C=O) groups is 1. The van der Waals surface area contributed by atoms with Crippen LogP contribution in [0.25, 0.3) is 0 Å². The number of carboxylic acids is 1. The zero-order valence-corrected chi connectivity index (χ0v) is 11.8. The highest BCUT2D eigenvalue weighted by atomic mass is 16.5. The second-order valence-corrected chi connectivity index (χ2v) is 4.98. The Balaban J connectivity index is 2.39. The molecule has 0 bridgehead atoms. The predicted octanol–water partition coefficient (Wildman–Crippen LogP) is 0.750. The summed E-state index contributed by atoms with van der Waals surface area (Å²) in [6.07, 6.45) is 0.208. The second kappa shape index (κ2) is 7.71. The maximum Gasteiger partial charge on any atom is 0.307 e. The average Bonchev–Trinajstić information content (AvgIpc) is 2.37. The van der Waals surface area contributed by atoms with Gasteiger partial charge in [0.25, 0.3) is 0 Å². The maximum atomic E-state index is 10.9. The quantitative estimate of drug-likeness (QED) is 0.730. The number of hydrogen-bond acceptors (Lipinski definition) is 4. The molecule has 5 heteroatoms. The van der Waals surface area contributed by atoms with E-state index in [4.69, 9.17) is 9.84 Å². The lowest BCUT2D eigenvalue weighted by Crippen LogP contribution is -2.48. The number of morpholine rings is 1. The Morgan fingerprint density at radius 3 is 2.83 bits per heavy atom. The first-order valence-corrected chi connectivity index (χ1v) is 6.85. The number of carboxylic acid groups (broad SMARTS) is 1. The van der Waals surface area contributed by atoms with Crippen LogP contribution in [0.3, 0.4) is 0 Å². The molecule has 1 heterocycles. The van der Waals surface area contributed by atoms with Gasteiger partial charge in [-0.1, -0.05) is 20.8 Å². The Hall–Kier alpha value is -0.650. The SMILES string of the molecule is CCN1CCOC(CN(CC)CC(C)C(=O)O)C1. The van der Waals surface area contributed by atoms with E-state index < -0.39 is 5.97 Å². The van der Waals surface area contributed by atoms with Gasteiger partial charge in [-0.3, -0.25) is 9.69 Å². The van der Waals surface area contributed by atoms with Crippen LogP contribution in [-0.4, -0.2) is 72.9 Å². The van der Waals surface area contributed by atoms with Crippen molar-refractivity contribution in [1.29, 1.82) is 0 Å². The largest absolute Gasteiger partial charge is 0.481 e. The van der Waals surface area contributed by atoms with E-state index in [-0.39, 0.29) is 12.0 Å². The Labute approximate surface area is 110 Å². The molecule has 1 aliphatic heterocycles. The summed E-state index contributed by atoms with van der Waals surface area (Å²) in [4.78, 5) is 15.4. The highest BCUT2D eigenvalue weighted by Crippen LogP contribution is 2.08. The highest BCUT2D eigenvalue weighted by Gasteiger charge is 2.23. The van der Waals surface area contributed by atoms with E-state index >= 15 is 0 Å². The third-order valence-corrected chi connectivity index (χ3v) is 3.53. The molecular weight excluding hydrogens is 232 g/mol. The molecule has 1 saturated heterocycles. The predicted molar refractivity (Wildman–Crippen MR) is 70.8 cm³/mol. The topological polar surface area (TPSA) is 53.0 Å². The fourth-order valence-electron chi connectivity index (χ4n) is 2.26. The van der Waals surface area contributed by atoms with E-state index in [9.17, 15) is 4.79 Å². The molecule has 2 unspecified atom stereocenters. The van der Waals surface area contributed by atoms with E-state index in [1.54, 1.807) is 6.92 Å². The zero-order valence-electron chi connectivity index (χ0n) is 11.8. The van der Waals surface area contributed by atoms with Gasteiger partial charge in [0, 0.05) is 26.2 Å². The summed E-state index contributed by atoms with van der Waals surface area (Å²) >= 11 is 0. The van der Waals surface area contributed by atoms with E-state index in [2.05, 4.69) is 23.6 Å². The molecule has 1 aliphatic rings. The third kappa shape index (κ3) is 4.92. The van der Waals surface area contributed by atoms with Crippen LogP contribution in [0.5, 0.6) is 0 Å². The van der Waals surface area contributed by atoms with Gasteiger partial charge in [-0.15, -0.1) is 0 Å². The van der Waals surface area contributed by atoms with Gasteiger partial charge in [0.05, 0.1) is 18.6 Å². The molecule has 0 aliphatic carbocycles. The molecule has 1 N–H and O–H groups in total. The molecule has 0 radical (unpaired) electrons. The van der Waals surface area contributed by atoms with Crippen LogP contribution < -0.4 is 0 Å². The van der Waals surface area contributed by atoms with Crippen molar-refractivity contribution in [2.45, 2.75) is 26.9 Å². The molecule has 106 valence electrons. The fraction of sp³-hybridized carbons (Fsp3) is 0.923. The highest BCUT2D eigenvalue weighted by molar-refractivity contribution is 5.69. The van der Waals surface area contributed by atoms with E-state index in [1.165, 1.54) is 0 Å². The smallest absolute Gasteiger partial charge is 0.307 e. The van der Waals surface area contributed by atoms with E-state index in [1.807, 2.05) is 0 Å². The zero-order chi connectivity index (χ0) is 13.5. The minimum Gasteiger partial charge on any atom is -0.481 e. The summed E-state index contributed by atoms with van der Waals surface area (Å²) < 4.78 is 5.75. The van der Waals surface area contributed by atoms with Gasteiger partial charge >= 0.3 is 5.97 Å². The van der Waals surface area contributed by atoms with Crippen LogP contribution in [0.15, 0.2) is 0 Å². The van der Waals surface area contributed by atoms with Crippen molar-refractivity contribution in [3.05, 3.63) is 0 Å². The molecule has 0 aromatic carbocycles. The number of aliphatic carboxylic acids is 1. The van der Waals surface area contributed by atoms with E-state index in [0.29, 0.717) is 6.54 Å². The van der Waals surface area contributed by atoms with E-state index in [0.717, 1.165) is 39.3 Å². The van der Waals surface area contributed by atoms with Crippen molar-refractivity contribution in [3.63, 3.8) is 0 Å². The molecule has 1 rings (SSSR count).